The van der Waals surface area contributed by atoms with Gasteiger partial charge >= 0.3 is 0 Å². The highest BCUT2D eigenvalue weighted by molar-refractivity contribution is 7.85. The first kappa shape index (κ1) is 32.1. The number of hydrogen-bond donors (Lipinski definition) is 3. The second-order valence-electron chi connectivity index (χ2n) is 10.1. The van der Waals surface area contributed by atoms with Crippen molar-refractivity contribution in [2.45, 2.75) is 90.2 Å². The minimum absolute atomic E-state index is 0.0543. The van der Waals surface area contributed by atoms with E-state index in [0.717, 1.165) is 43.7 Å². The number of aryl methyl sites for hydroxylation is 1. The van der Waals surface area contributed by atoms with Gasteiger partial charge in [0.05, 0.1) is 12.1 Å². The van der Waals surface area contributed by atoms with E-state index in [1.165, 1.54) is 17.7 Å². The average Bonchev–Trinajstić information content (AvgIpc) is 2.87. The maximum atomic E-state index is 13.8. The molecule has 0 aromatic heterocycles. The van der Waals surface area contributed by atoms with Crippen LogP contribution in [-0.4, -0.2) is 44.9 Å². The number of amides is 1. The Labute approximate surface area is 229 Å². The van der Waals surface area contributed by atoms with Crippen LogP contribution in [0.3, 0.4) is 0 Å². The predicted octanol–water partition coefficient (Wildman–Crippen LogP) is 5.06. The number of nitrogens with one attached hydrogen (secondary N) is 2. The molecule has 0 saturated heterocycles. The van der Waals surface area contributed by atoms with Crippen LogP contribution in [0.1, 0.15) is 70.1 Å². The molecule has 4 atom stereocenters. The van der Waals surface area contributed by atoms with Crippen LogP contribution in [0.25, 0.3) is 0 Å². The molecule has 0 heterocycles. The summed E-state index contributed by atoms with van der Waals surface area (Å²) in [7, 11) is -1.14. The van der Waals surface area contributed by atoms with E-state index in [-0.39, 0.29) is 29.9 Å². The summed E-state index contributed by atoms with van der Waals surface area (Å²) in [6.45, 7) is 8.65. The molecule has 0 fully saturated rings. The minimum atomic E-state index is -1.14. The molecule has 8 heteroatoms. The van der Waals surface area contributed by atoms with Gasteiger partial charge < -0.3 is 15.7 Å². The second kappa shape index (κ2) is 16.7. The maximum absolute atomic E-state index is 13.8. The molecule has 2 aromatic rings. The number of carbonyl (C=O) groups excluding carboxylic acids is 1. The Bertz CT molecular complexity index is 1010. The Kier molecular flexibility index (Phi) is 14.1. The van der Waals surface area contributed by atoms with E-state index < -0.39 is 40.5 Å². The Morgan fingerprint density at radius 3 is 2.21 bits per heavy atom. The molecule has 212 valence electrons. The van der Waals surface area contributed by atoms with E-state index in [4.69, 9.17) is 0 Å². The SMILES string of the molecule is CCCC(CCC)S(=O)CC(C)C(=O)N[C@@H](Cc1cc(F)cc(F)c1)[C@H](O)CNCc1cccc(CC)c1. The molecule has 0 bridgehead atoms. The summed E-state index contributed by atoms with van der Waals surface area (Å²) >= 11 is 0. The summed E-state index contributed by atoms with van der Waals surface area (Å²) < 4.78 is 40.6. The fraction of sp³-hybridized carbons (Fsp3) is 0.567. The quantitative estimate of drug-likeness (QED) is 0.257. The molecule has 3 N–H and O–H groups in total. The van der Waals surface area contributed by atoms with Crippen molar-refractivity contribution >= 4 is 16.7 Å². The van der Waals surface area contributed by atoms with Gasteiger partial charge in [0.15, 0.2) is 0 Å². The number of aliphatic hydroxyl groups is 1. The summed E-state index contributed by atoms with van der Waals surface area (Å²) in [6, 6.07) is 10.6. The first-order chi connectivity index (χ1) is 18.2. The van der Waals surface area contributed by atoms with Crippen molar-refractivity contribution in [3.8, 4) is 0 Å². The minimum Gasteiger partial charge on any atom is -0.390 e. The first-order valence-electron chi connectivity index (χ1n) is 13.8. The van der Waals surface area contributed by atoms with Gasteiger partial charge in [0.25, 0.3) is 0 Å². The molecule has 0 saturated carbocycles. The van der Waals surface area contributed by atoms with Crippen LogP contribution in [-0.2, 0) is 35.0 Å². The normalized spacial score (nSPS) is 14.7. The van der Waals surface area contributed by atoms with Gasteiger partial charge in [0.1, 0.15) is 11.6 Å². The van der Waals surface area contributed by atoms with E-state index in [1.807, 2.05) is 12.1 Å². The number of benzene rings is 2. The van der Waals surface area contributed by atoms with Gasteiger partial charge in [-0.2, -0.15) is 0 Å². The average molecular weight is 551 g/mol. The zero-order valence-electron chi connectivity index (χ0n) is 23.1. The van der Waals surface area contributed by atoms with Gasteiger partial charge in [0.2, 0.25) is 5.91 Å². The molecule has 2 rings (SSSR count). The molecule has 0 aliphatic rings. The van der Waals surface area contributed by atoms with Crippen molar-refractivity contribution in [1.82, 2.24) is 10.6 Å². The molecular weight excluding hydrogens is 506 g/mol. The van der Waals surface area contributed by atoms with Gasteiger partial charge in [-0.3, -0.25) is 9.00 Å². The van der Waals surface area contributed by atoms with E-state index in [9.17, 15) is 22.9 Å². The molecule has 2 aromatic carbocycles. The molecule has 0 spiro atoms. The van der Waals surface area contributed by atoms with Crippen LogP contribution < -0.4 is 10.6 Å². The predicted molar refractivity (Wildman–Crippen MR) is 151 cm³/mol. The van der Waals surface area contributed by atoms with E-state index in [1.54, 1.807) is 6.92 Å². The summed E-state index contributed by atoms with van der Waals surface area (Å²) in [5.41, 5.74) is 2.63. The fourth-order valence-corrected chi connectivity index (χ4v) is 6.48. The van der Waals surface area contributed by atoms with Crippen LogP contribution in [0, 0.1) is 17.6 Å². The zero-order chi connectivity index (χ0) is 28.1. The van der Waals surface area contributed by atoms with Crippen molar-refractivity contribution in [2.24, 2.45) is 5.92 Å². The molecule has 1 amide bonds. The highest BCUT2D eigenvalue weighted by Crippen LogP contribution is 2.16. The van der Waals surface area contributed by atoms with Gasteiger partial charge in [-0.25, -0.2) is 8.78 Å². The number of halogens is 2. The molecular formula is C30H44F2N2O3S. The number of hydrogen-bond acceptors (Lipinski definition) is 4. The molecule has 2 unspecified atom stereocenters. The van der Waals surface area contributed by atoms with Gasteiger partial charge in [-0.1, -0.05) is 64.8 Å². The third kappa shape index (κ3) is 10.9. The largest absolute Gasteiger partial charge is 0.390 e. The smallest absolute Gasteiger partial charge is 0.224 e. The van der Waals surface area contributed by atoms with Gasteiger partial charge in [-0.15, -0.1) is 0 Å². The standard InChI is InChI=1S/C30H44F2N2O3S/c1-5-9-27(10-6-2)38(37)20-21(4)30(36)34-28(16-24-14-25(31)17-26(32)15-24)29(35)19-33-18-23-12-8-11-22(7-3)13-23/h8,11-15,17,21,27-29,33,35H,5-7,9-10,16,18-20H2,1-4H3,(H,34,36)/t21?,28-,29+,38?/m0/s1. The highest BCUT2D eigenvalue weighted by Gasteiger charge is 2.27. The van der Waals surface area contributed by atoms with Crippen molar-refractivity contribution < 1.29 is 22.9 Å². The van der Waals surface area contributed by atoms with Crippen molar-refractivity contribution in [2.75, 3.05) is 12.3 Å². The van der Waals surface area contributed by atoms with Crippen LogP contribution in [0.2, 0.25) is 0 Å². The summed E-state index contributed by atoms with van der Waals surface area (Å²) in [5.74, 6) is -2.05. The van der Waals surface area contributed by atoms with Crippen LogP contribution in [0.4, 0.5) is 8.78 Å². The Hall–Kier alpha value is -2.16. The molecule has 38 heavy (non-hydrogen) atoms. The second-order valence-corrected chi connectivity index (χ2v) is 11.9. The number of carbonyl (C=O) groups is 1. The lowest BCUT2D eigenvalue weighted by molar-refractivity contribution is -0.125. The van der Waals surface area contributed by atoms with E-state index in [2.05, 4.69) is 43.5 Å². The Balaban J connectivity index is 2.08. The third-order valence-corrected chi connectivity index (χ3v) is 8.75. The number of rotatable bonds is 17. The van der Waals surface area contributed by atoms with Gasteiger partial charge in [-0.05, 0) is 54.5 Å². The summed E-state index contributed by atoms with van der Waals surface area (Å²) in [5, 5.41) is 17.2. The lowest BCUT2D eigenvalue weighted by Gasteiger charge is -2.27. The van der Waals surface area contributed by atoms with Crippen LogP contribution in [0.5, 0.6) is 0 Å². The molecule has 0 aliphatic carbocycles. The van der Waals surface area contributed by atoms with E-state index >= 15 is 0 Å². The molecule has 0 radical (unpaired) electrons. The molecule has 5 nitrogen and oxygen atoms in total. The fourth-order valence-electron chi connectivity index (χ4n) is 4.57. The van der Waals surface area contributed by atoms with Crippen LogP contribution >= 0.6 is 0 Å². The highest BCUT2D eigenvalue weighted by atomic mass is 32.2. The van der Waals surface area contributed by atoms with Crippen molar-refractivity contribution in [1.29, 1.82) is 0 Å². The molecule has 0 aliphatic heterocycles. The van der Waals surface area contributed by atoms with Crippen molar-refractivity contribution in [3.05, 3.63) is 70.8 Å². The zero-order valence-corrected chi connectivity index (χ0v) is 24.0. The lowest BCUT2D eigenvalue weighted by atomic mass is 9.99. The monoisotopic (exact) mass is 550 g/mol. The summed E-state index contributed by atoms with van der Waals surface area (Å²) in [6.07, 6.45) is 3.55. The Morgan fingerprint density at radius 2 is 1.61 bits per heavy atom. The van der Waals surface area contributed by atoms with Crippen molar-refractivity contribution in [3.63, 3.8) is 0 Å². The van der Waals surface area contributed by atoms with Gasteiger partial charge in [0, 0.05) is 46.9 Å². The number of aliphatic hydroxyl groups excluding tert-OH is 1. The summed E-state index contributed by atoms with van der Waals surface area (Å²) in [4.78, 5) is 13.1. The lowest BCUT2D eigenvalue weighted by Crippen LogP contribution is -2.50. The third-order valence-electron chi connectivity index (χ3n) is 6.71. The van der Waals surface area contributed by atoms with Crippen LogP contribution in [0.15, 0.2) is 42.5 Å². The topological polar surface area (TPSA) is 78.4 Å². The Morgan fingerprint density at radius 1 is 0.974 bits per heavy atom. The maximum Gasteiger partial charge on any atom is 0.224 e. The first-order valence-corrected chi connectivity index (χ1v) is 15.1. The van der Waals surface area contributed by atoms with E-state index in [0.29, 0.717) is 12.1 Å².